The first kappa shape index (κ1) is 16.9. The summed E-state index contributed by atoms with van der Waals surface area (Å²) in [5, 5.41) is 4.31. The van der Waals surface area contributed by atoms with Gasteiger partial charge in [-0.05, 0) is 18.2 Å². The maximum Gasteiger partial charge on any atom is 0.234 e. The highest BCUT2D eigenvalue weighted by Gasteiger charge is 2.11. The largest absolute Gasteiger partial charge is 0.493 e. The summed E-state index contributed by atoms with van der Waals surface area (Å²) in [6, 6.07) is 7.03. The van der Waals surface area contributed by atoms with Crippen molar-refractivity contribution in [1.29, 1.82) is 0 Å². The van der Waals surface area contributed by atoms with Crippen molar-refractivity contribution in [1.82, 2.24) is 15.0 Å². The number of carbonyl (C=O) groups is 1. The number of ether oxygens (including phenoxy) is 2. The van der Waals surface area contributed by atoms with E-state index in [1.54, 1.807) is 38.6 Å². The number of aromatic nitrogens is 3. The zero-order valence-electron chi connectivity index (χ0n) is 13.7. The predicted molar refractivity (Wildman–Crippen MR) is 97.2 cm³/mol. The molecule has 9 heteroatoms. The number of carbonyl (C=O) groups excluding carboxylic acids is 1. The van der Waals surface area contributed by atoms with E-state index >= 15 is 0 Å². The topological polar surface area (TPSA) is 115 Å². The van der Waals surface area contributed by atoms with Crippen LogP contribution in [0.5, 0.6) is 11.5 Å². The Hall–Kier alpha value is -2.94. The average Bonchev–Trinajstić information content (AvgIpc) is 3.07. The van der Waals surface area contributed by atoms with Gasteiger partial charge in [0.2, 0.25) is 11.9 Å². The summed E-state index contributed by atoms with van der Waals surface area (Å²) in [4.78, 5) is 23.5. The van der Waals surface area contributed by atoms with Gasteiger partial charge in [-0.15, -0.1) is 0 Å². The third-order valence-corrected chi connectivity index (χ3v) is 4.40. The molecule has 3 rings (SSSR count). The molecule has 25 heavy (non-hydrogen) atoms. The van der Waals surface area contributed by atoms with Gasteiger partial charge in [0.05, 0.1) is 25.4 Å². The third kappa shape index (κ3) is 3.77. The monoisotopic (exact) mass is 359 g/mol. The first-order valence-electron chi connectivity index (χ1n) is 7.36. The summed E-state index contributed by atoms with van der Waals surface area (Å²) >= 11 is 1.29. The predicted octanol–water partition coefficient (Wildman–Crippen LogP) is 2.29. The van der Waals surface area contributed by atoms with Crippen molar-refractivity contribution in [3.63, 3.8) is 0 Å². The number of nitrogen functional groups attached to an aromatic ring is 1. The van der Waals surface area contributed by atoms with E-state index in [0.717, 1.165) is 5.39 Å². The van der Waals surface area contributed by atoms with E-state index in [-0.39, 0.29) is 17.6 Å². The number of hydrogen-bond donors (Lipinski definition) is 3. The molecule has 0 saturated heterocycles. The second kappa shape index (κ2) is 7.31. The number of anilines is 2. The van der Waals surface area contributed by atoms with Crippen LogP contribution in [0.25, 0.3) is 11.0 Å². The number of hydrogen-bond acceptors (Lipinski definition) is 7. The molecule has 0 radical (unpaired) electrons. The lowest BCUT2D eigenvalue weighted by atomic mass is 10.2. The summed E-state index contributed by atoms with van der Waals surface area (Å²) in [5.74, 6) is 1.33. The van der Waals surface area contributed by atoms with Crippen LogP contribution in [0.2, 0.25) is 0 Å². The van der Waals surface area contributed by atoms with E-state index in [0.29, 0.717) is 27.9 Å². The van der Waals surface area contributed by atoms with Crippen LogP contribution in [0.3, 0.4) is 0 Å². The van der Waals surface area contributed by atoms with Crippen molar-refractivity contribution < 1.29 is 14.3 Å². The first-order valence-corrected chi connectivity index (χ1v) is 8.34. The highest BCUT2D eigenvalue weighted by atomic mass is 32.2. The molecule has 0 bridgehead atoms. The van der Waals surface area contributed by atoms with Crippen molar-refractivity contribution in [2.75, 3.05) is 31.0 Å². The molecule has 2 heterocycles. The smallest absolute Gasteiger partial charge is 0.234 e. The molecular weight excluding hydrogens is 342 g/mol. The second-order valence-corrected chi connectivity index (χ2v) is 6.00. The van der Waals surface area contributed by atoms with Gasteiger partial charge < -0.3 is 25.5 Å². The lowest BCUT2D eigenvalue weighted by Gasteiger charge is -2.10. The van der Waals surface area contributed by atoms with Crippen LogP contribution >= 0.6 is 11.8 Å². The number of nitrogens with two attached hydrogens (primary N) is 1. The molecule has 0 aliphatic rings. The minimum absolute atomic E-state index is 0.165. The number of benzene rings is 1. The highest BCUT2D eigenvalue weighted by Crippen LogP contribution is 2.30. The molecule has 0 atom stereocenters. The van der Waals surface area contributed by atoms with Gasteiger partial charge >= 0.3 is 0 Å². The van der Waals surface area contributed by atoms with Crippen molar-refractivity contribution in [3.05, 3.63) is 30.5 Å². The molecule has 1 aromatic carbocycles. The van der Waals surface area contributed by atoms with Crippen LogP contribution in [0.4, 0.5) is 11.6 Å². The molecular formula is C16H17N5O3S. The van der Waals surface area contributed by atoms with Crippen LogP contribution in [-0.2, 0) is 4.79 Å². The number of H-pyrrole nitrogens is 1. The maximum absolute atomic E-state index is 12.2. The molecule has 8 nitrogen and oxygen atoms in total. The van der Waals surface area contributed by atoms with Gasteiger partial charge in [0, 0.05) is 18.0 Å². The number of aromatic amines is 1. The van der Waals surface area contributed by atoms with Gasteiger partial charge in [0.25, 0.3) is 0 Å². The number of rotatable bonds is 6. The fourth-order valence-electron chi connectivity index (χ4n) is 2.28. The van der Waals surface area contributed by atoms with E-state index in [1.807, 2.05) is 6.07 Å². The second-order valence-electron chi connectivity index (χ2n) is 5.03. The van der Waals surface area contributed by atoms with Crippen molar-refractivity contribution >= 4 is 40.3 Å². The Morgan fingerprint density at radius 1 is 1.24 bits per heavy atom. The van der Waals surface area contributed by atoms with E-state index < -0.39 is 0 Å². The number of thioether (sulfide) groups is 1. The molecule has 2 aromatic heterocycles. The van der Waals surface area contributed by atoms with Crippen LogP contribution in [0.1, 0.15) is 0 Å². The average molecular weight is 359 g/mol. The van der Waals surface area contributed by atoms with Gasteiger partial charge in [-0.3, -0.25) is 4.79 Å². The van der Waals surface area contributed by atoms with E-state index in [4.69, 9.17) is 15.2 Å². The van der Waals surface area contributed by atoms with Gasteiger partial charge in [-0.2, -0.15) is 4.98 Å². The van der Waals surface area contributed by atoms with E-state index in [1.165, 1.54) is 11.8 Å². The zero-order valence-corrected chi connectivity index (χ0v) is 14.5. The Kier molecular flexibility index (Phi) is 4.94. The molecule has 0 saturated carbocycles. The number of amides is 1. The zero-order chi connectivity index (χ0) is 17.8. The van der Waals surface area contributed by atoms with Crippen molar-refractivity contribution in [2.24, 2.45) is 0 Å². The molecule has 0 aliphatic heterocycles. The molecule has 0 spiro atoms. The van der Waals surface area contributed by atoms with Crippen molar-refractivity contribution in [3.8, 4) is 11.5 Å². The number of methoxy groups -OCH3 is 2. The van der Waals surface area contributed by atoms with E-state index in [2.05, 4.69) is 20.3 Å². The summed E-state index contributed by atoms with van der Waals surface area (Å²) in [7, 11) is 3.10. The Balaban J connectivity index is 1.67. The highest BCUT2D eigenvalue weighted by molar-refractivity contribution is 8.00. The van der Waals surface area contributed by atoms with Crippen molar-refractivity contribution in [2.45, 2.75) is 5.03 Å². The molecule has 0 unspecified atom stereocenters. The van der Waals surface area contributed by atoms with Crippen LogP contribution in [0, 0.1) is 0 Å². The molecule has 0 aliphatic carbocycles. The Bertz CT molecular complexity index is 912. The minimum Gasteiger partial charge on any atom is -0.493 e. The van der Waals surface area contributed by atoms with Crippen LogP contribution in [0.15, 0.2) is 35.5 Å². The third-order valence-electron chi connectivity index (χ3n) is 3.41. The minimum atomic E-state index is -0.168. The van der Waals surface area contributed by atoms with Gasteiger partial charge in [0.1, 0.15) is 10.7 Å². The molecule has 0 fully saturated rings. The summed E-state index contributed by atoms with van der Waals surface area (Å²) in [5.41, 5.74) is 6.96. The van der Waals surface area contributed by atoms with Gasteiger partial charge in [-0.25, -0.2) is 4.98 Å². The molecule has 130 valence electrons. The lowest BCUT2D eigenvalue weighted by Crippen LogP contribution is -2.14. The van der Waals surface area contributed by atoms with Gasteiger partial charge in [0.15, 0.2) is 11.5 Å². The summed E-state index contributed by atoms with van der Waals surface area (Å²) in [6.45, 7) is 0. The molecule has 4 N–H and O–H groups in total. The number of nitrogens with one attached hydrogen (secondary N) is 2. The SMILES string of the molecule is COc1ccc(NC(=O)CSc2nc(N)nc3[nH]ccc23)cc1OC. The first-order chi connectivity index (χ1) is 12.1. The lowest BCUT2D eigenvalue weighted by molar-refractivity contribution is -0.113. The number of fused-ring (bicyclic) bond motifs is 1. The van der Waals surface area contributed by atoms with Crippen LogP contribution < -0.4 is 20.5 Å². The fraction of sp³-hybridized carbons (Fsp3) is 0.188. The quantitative estimate of drug-likeness (QED) is 0.457. The van der Waals surface area contributed by atoms with Crippen LogP contribution in [-0.4, -0.2) is 40.8 Å². The Morgan fingerprint density at radius 2 is 2.04 bits per heavy atom. The fourth-order valence-corrected chi connectivity index (χ4v) is 3.10. The summed E-state index contributed by atoms with van der Waals surface area (Å²) in [6.07, 6.45) is 1.76. The molecule has 1 amide bonds. The summed E-state index contributed by atoms with van der Waals surface area (Å²) < 4.78 is 10.4. The van der Waals surface area contributed by atoms with E-state index in [9.17, 15) is 4.79 Å². The van der Waals surface area contributed by atoms with Gasteiger partial charge in [-0.1, -0.05) is 11.8 Å². The molecule has 3 aromatic rings. The normalized spacial score (nSPS) is 10.6. The standard InChI is InChI=1S/C16H17N5O3S/c1-23-11-4-3-9(7-12(11)24-2)19-13(22)8-25-15-10-5-6-18-14(10)20-16(17)21-15/h3-7H,8H2,1-2H3,(H,19,22)(H3,17,18,20,21). The maximum atomic E-state index is 12.2. The Morgan fingerprint density at radius 3 is 2.80 bits per heavy atom. The number of nitrogens with zero attached hydrogens (tertiary/aromatic N) is 2. The Labute approximate surface area is 148 Å².